The van der Waals surface area contributed by atoms with Gasteiger partial charge in [-0.1, -0.05) is 13.8 Å². The third-order valence-electron chi connectivity index (χ3n) is 3.86. The lowest BCUT2D eigenvalue weighted by molar-refractivity contribution is 0.390. The lowest BCUT2D eigenvalue weighted by Crippen LogP contribution is -2.35. The van der Waals surface area contributed by atoms with Crippen molar-refractivity contribution >= 4 is 8.32 Å². The molecule has 0 saturated carbocycles. The lowest BCUT2D eigenvalue weighted by Gasteiger charge is -2.27. The van der Waals surface area contributed by atoms with Crippen LogP contribution in [0, 0.1) is 17.5 Å². The summed E-state index contributed by atoms with van der Waals surface area (Å²) in [5, 5.41) is 0. The summed E-state index contributed by atoms with van der Waals surface area (Å²) < 4.78 is 44.6. The van der Waals surface area contributed by atoms with Gasteiger partial charge < -0.3 is 4.43 Å². The van der Waals surface area contributed by atoms with Gasteiger partial charge in [-0.25, -0.2) is 13.2 Å². The molecule has 0 aliphatic heterocycles. The van der Waals surface area contributed by atoms with Crippen molar-refractivity contribution in [2.75, 3.05) is 7.11 Å². The Labute approximate surface area is 113 Å². The van der Waals surface area contributed by atoms with Crippen molar-refractivity contribution in [2.24, 2.45) is 0 Å². The third kappa shape index (κ3) is 4.08. The molecule has 0 saturated heterocycles. The Hall–Kier alpha value is -0.813. The van der Waals surface area contributed by atoms with E-state index >= 15 is 0 Å². The van der Waals surface area contributed by atoms with E-state index in [1.807, 2.05) is 0 Å². The van der Waals surface area contributed by atoms with Crippen LogP contribution in [-0.2, 0) is 10.8 Å². The van der Waals surface area contributed by atoms with E-state index in [1.54, 1.807) is 7.11 Å². The first kappa shape index (κ1) is 16.2. The number of halogens is 3. The van der Waals surface area contributed by atoms with Crippen LogP contribution in [-0.4, -0.2) is 15.4 Å². The first-order valence-corrected chi connectivity index (χ1v) is 9.19. The monoisotopic (exact) mass is 290 g/mol. The minimum Gasteiger partial charge on any atom is -0.420 e. The number of benzene rings is 1. The predicted molar refractivity (Wildman–Crippen MR) is 73.2 cm³/mol. The van der Waals surface area contributed by atoms with Crippen LogP contribution in [0.1, 0.15) is 25.8 Å². The molecule has 0 N–H and O–H groups in total. The molecule has 0 radical (unpaired) electrons. The standard InChI is InChI=1S/C14H21F3OSi/c1-4-19(5-2,18-3)8-6-7-11-9-12(15)14(17)13(16)10-11/h9-10H,4-8H2,1-3H3. The lowest BCUT2D eigenvalue weighted by atomic mass is 10.1. The molecule has 0 bridgehead atoms. The van der Waals surface area contributed by atoms with Gasteiger partial charge in [-0.2, -0.15) is 0 Å². The van der Waals surface area contributed by atoms with Gasteiger partial charge in [0, 0.05) is 7.11 Å². The smallest absolute Gasteiger partial charge is 0.194 e. The zero-order chi connectivity index (χ0) is 14.5. The Morgan fingerprint density at radius 1 is 1.05 bits per heavy atom. The maximum absolute atomic E-state index is 13.1. The van der Waals surface area contributed by atoms with E-state index < -0.39 is 25.8 Å². The summed E-state index contributed by atoms with van der Waals surface area (Å²) in [4.78, 5) is 0. The van der Waals surface area contributed by atoms with E-state index in [-0.39, 0.29) is 0 Å². The summed E-state index contributed by atoms with van der Waals surface area (Å²) in [5.41, 5.74) is 0.502. The molecule has 0 heterocycles. The Morgan fingerprint density at radius 2 is 1.58 bits per heavy atom. The van der Waals surface area contributed by atoms with Crippen molar-refractivity contribution in [1.82, 2.24) is 0 Å². The molecule has 0 fully saturated rings. The van der Waals surface area contributed by atoms with Crippen LogP contribution in [0.25, 0.3) is 0 Å². The van der Waals surface area contributed by atoms with E-state index in [0.717, 1.165) is 36.7 Å². The van der Waals surface area contributed by atoms with Gasteiger partial charge in [-0.15, -0.1) is 0 Å². The van der Waals surface area contributed by atoms with Crippen molar-refractivity contribution in [2.45, 2.75) is 44.8 Å². The molecule has 0 spiro atoms. The minimum absolute atomic E-state index is 0.502. The van der Waals surface area contributed by atoms with E-state index in [4.69, 9.17) is 4.43 Å². The van der Waals surface area contributed by atoms with Gasteiger partial charge in [0.1, 0.15) is 0 Å². The van der Waals surface area contributed by atoms with Crippen LogP contribution in [0.4, 0.5) is 13.2 Å². The number of hydrogen-bond donors (Lipinski definition) is 0. The van der Waals surface area contributed by atoms with Crippen LogP contribution >= 0.6 is 0 Å². The first-order chi connectivity index (χ1) is 8.98. The largest absolute Gasteiger partial charge is 0.420 e. The quantitative estimate of drug-likeness (QED) is 0.524. The van der Waals surface area contributed by atoms with E-state index in [9.17, 15) is 13.2 Å². The van der Waals surface area contributed by atoms with E-state index in [1.165, 1.54) is 0 Å². The van der Waals surface area contributed by atoms with Gasteiger partial charge in [0.15, 0.2) is 25.8 Å². The van der Waals surface area contributed by atoms with Crippen molar-refractivity contribution in [3.05, 3.63) is 35.1 Å². The first-order valence-electron chi connectivity index (χ1n) is 6.66. The maximum atomic E-state index is 13.1. The molecule has 0 atom stereocenters. The van der Waals surface area contributed by atoms with Gasteiger partial charge in [0.05, 0.1) is 0 Å². The second-order valence-electron chi connectivity index (χ2n) is 4.82. The van der Waals surface area contributed by atoms with Crippen molar-refractivity contribution in [1.29, 1.82) is 0 Å². The summed E-state index contributed by atoms with van der Waals surface area (Å²) in [5.74, 6) is -3.63. The Balaban J connectivity index is 2.63. The molecule has 0 aliphatic rings. The van der Waals surface area contributed by atoms with Crippen molar-refractivity contribution in [3.63, 3.8) is 0 Å². The van der Waals surface area contributed by atoms with Crippen molar-refractivity contribution < 1.29 is 17.6 Å². The second kappa shape index (κ2) is 7.10. The van der Waals surface area contributed by atoms with Gasteiger partial charge in [-0.05, 0) is 48.7 Å². The number of rotatable bonds is 7. The number of aryl methyl sites for hydroxylation is 1. The molecule has 108 valence electrons. The number of hydrogen-bond acceptors (Lipinski definition) is 1. The highest BCUT2D eigenvalue weighted by atomic mass is 28.4. The fraction of sp³-hybridized carbons (Fsp3) is 0.571. The Morgan fingerprint density at radius 3 is 2.00 bits per heavy atom. The highest BCUT2D eigenvalue weighted by Crippen LogP contribution is 2.24. The summed E-state index contributed by atoms with van der Waals surface area (Å²) in [7, 11) is 0.0755. The summed E-state index contributed by atoms with van der Waals surface area (Å²) in [6, 6.07) is 5.17. The minimum atomic E-state index is -1.67. The average Bonchev–Trinajstić information content (AvgIpc) is 2.41. The topological polar surface area (TPSA) is 9.23 Å². The molecule has 5 heteroatoms. The zero-order valence-corrected chi connectivity index (χ0v) is 12.7. The molecular weight excluding hydrogens is 269 g/mol. The SMILES string of the molecule is CC[Si](CC)(CCCc1cc(F)c(F)c(F)c1)OC. The van der Waals surface area contributed by atoms with Crippen LogP contribution < -0.4 is 0 Å². The third-order valence-corrected chi connectivity index (χ3v) is 8.57. The van der Waals surface area contributed by atoms with Crippen LogP contribution in [0.5, 0.6) is 0 Å². The highest BCUT2D eigenvalue weighted by Gasteiger charge is 2.28. The van der Waals surface area contributed by atoms with Crippen LogP contribution in [0.15, 0.2) is 12.1 Å². The Bertz CT molecular complexity index is 388. The zero-order valence-electron chi connectivity index (χ0n) is 11.7. The molecule has 0 amide bonds. The van der Waals surface area contributed by atoms with E-state index in [0.29, 0.717) is 12.0 Å². The molecule has 1 rings (SSSR count). The van der Waals surface area contributed by atoms with Gasteiger partial charge >= 0.3 is 0 Å². The normalized spacial score (nSPS) is 11.9. The van der Waals surface area contributed by atoms with Crippen LogP contribution in [0.3, 0.4) is 0 Å². The fourth-order valence-corrected chi connectivity index (χ4v) is 5.17. The molecule has 0 aliphatic carbocycles. The molecule has 19 heavy (non-hydrogen) atoms. The summed E-state index contributed by atoms with van der Waals surface area (Å²) >= 11 is 0. The Kier molecular flexibility index (Phi) is 6.07. The maximum Gasteiger partial charge on any atom is 0.194 e. The second-order valence-corrected chi connectivity index (χ2v) is 9.51. The predicted octanol–water partition coefficient (Wildman–Crippen LogP) is 4.67. The fourth-order valence-electron chi connectivity index (χ4n) is 2.36. The van der Waals surface area contributed by atoms with Crippen molar-refractivity contribution in [3.8, 4) is 0 Å². The summed E-state index contributed by atoms with van der Waals surface area (Å²) in [6.45, 7) is 4.24. The van der Waals surface area contributed by atoms with Gasteiger partial charge in [-0.3, -0.25) is 0 Å². The molecular formula is C14H21F3OSi. The molecule has 1 aromatic rings. The van der Waals surface area contributed by atoms with Crippen LogP contribution in [0.2, 0.25) is 18.1 Å². The molecule has 1 nitrogen and oxygen atoms in total. The average molecular weight is 290 g/mol. The van der Waals surface area contributed by atoms with E-state index in [2.05, 4.69) is 13.8 Å². The molecule has 0 aromatic heterocycles. The molecule has 1 aromatic carbocycles. The highest BCUT2D eigenvalue weighted by molar-refractivity contribution is 6.73. The van der Waals surface area contributed by atoms with Gasteiger partial charge in [0.25, 0.3) is 0 Å². The summed E-state index contributed by atoms with van der Waals surface area (Å²) in [6.07, 6.45) is 1.36. The molecule has 0 unspecified atom stereocenters. The van der Waals surface area contributed by atoms with Gasteiger partial charge in [0.2, 0.25) is 0 Å².